The highest BCUT2D eigenvalue weighted by molar-refractivity contribution is 5.54. The van der Waals surface area contributed by atoms with E-state index in [0.29, 0.717) is 11.4 Å². The fraction of sp³-hybridized carbons (Fsp3) is 0.400. The molecule has 15 heavy (non-hydrogen) atoms. The van der Waals surface area contributed by atoms with Crippen molar-refractivity contribution < 1.29 is 13.2 Å². The van der Waals surface area contributed by atoms with Gasteiger partial charge < -0.3 is 11.1 Å². The van der Waals surface area contributed by atoms with Crippen LogP contribution in [-0.4, -0.2) is 12.2 Å². The van der Waals surface area contributed by atoms with Crippen LogP contribution in [0.5, 0.6) is 0 Å². The molecule has 0 bridgehead atoms. The second kappa shape index (κ2) is 4.42. The first-order chi connectivity index (χ1) is 6.87. The molecule has 84 valence electrons. The number of halogens is 3. The number of nitrogens with two attached hydrogens (primary N) is 1. The summed E-state index contributed by atoms with van der Waals surface area (Å²) in [5.74, 6) is 0. The van der Waals surface area contributed by atoms with E-state index in [4.69, 9.17) is 5.73 Å². The van der Waals surface area contributed by atoms with Crippen LogP contribution in [0.25, 0.3) is 0 Å². The predicted molar refractivity (Wildman–Crippen MR) is 54.6 cm³/mol. The molecule has 1 unspecified atom stereocenters. The van der Waals surface area contributed by atoms with E-state index >= 15 is 0 Å². The molecule has 1 atom stereocenters. The lowest BCUT2D eigenvalue weighted by molar-refractivity contribution is -0.136. The number of alkyl halides is 3. The summed E-state index contributed by atoms with van der Waals surface area (Å²) in [6, 6.07) is 6.00. The molecular formula is C10H13F3N2. The van der Waals surface area contributed by atoms with E-state index in [2.05, 4.69) is 5.32 Å². The molecule has 0 aliphatic rings. The first-order valence-corrected chi connectivity index (χ1v) is 4.55. The third-order valence-corrected chi connectivity index (χ3v) is 1.84. The van der Waals surface area contributed by atoms with Gasteiger partial charge in [0.25, 0.3) is 0 Å². The average Bonchev–Trinajstić information content (AvgIpc) is 1.99. The van der Waals surface area contributed by atoms with Gasteiger partial charge in [0.1, 0.15) is 0 Å². The molecular weight excluding hydrogens is 205 g/mol. The van der Waals surface area contributed by atoms with E-state index in [0.717, 1.165) is 0 Å². The zero-order valence-electron chi connectivity index (χ0n) is 8.31. The van der Waals surface area contributed by atoms with E-state index in [1.165, 1.54) is 6.92 Å². The molecule has 0 saturated heterocycles. The number of rotatable bonds is 3. The minimum atomic E-state index is -4.15. The molecule has 0 fully saturated rings. The molecule has 0 saturated carbocycles. The van der Waals surface area contributed by atoms with E-state index in [1.807, 2.05) is 0 Å². The van der Waals surface area contributed by atoms with E-state index in [1.54, 1.807) is 24.3 Å². The number of nitrogens with one attached hydrogen (secondary N) is 1. The highest BCUT2D eigenvalue weighted by atomic mass is 19.4. The minimum absolute atomic E-state index is 0.527. The van der Waals surface area contributed by atoms with Gasteiger partial charge in [0.15, 0.2) is 0 Å². The number of nitrogen functional groups attached to an aromatic ring is 1. The van der Waals surface area contributed by atoms with Gasteiger partial charge in [-0.3, -0.25) is 0 Å². The van der Waals surface area contributed by atoms with Crippen molar-refractivity contribution in [1.29, 1.82) is 0 Å². The zero-order valence-corrected chi connectivity index (χ0v) is 8.31. The maximum absolute atomic E-state index is 12.0. The second-order valence-corrected chi connectivity index (χ2v) is 3.49. The van der Waals surface area contributed by atoms with Crippen LogP contribution in [0.1, 0.15) is 13.3 Å². The lowest BCUT2D eigenvalue weighted by Gasteiger charge is -2.17. The fourth-order valence-corrected chi connectivity index (χ4v) is 1.31. The molecule has 1 rings (SSSR count). The molecule has 0 aliphatic carbocycles. The molecule has 5 heteroatoms. The Hall–Kier alpha value is -1.39. The quantitative estimate of drug-likeness (QED) is 0.765. The Morgan fingerprint density at radius 1 is 1.40 bits per heavy atom. The van der Waals surface area contributed by atoms with E-state index < -0.39 is 18.6 Å². The average molecular weight is 218 g/mol. The van der Waals surface area contributed by atoms with Crippen molar-refractivity contribution in [2.45, 2.75) is 25.6 Å². The minimum Gasteiger partial charge on any atom is -0.399 e. The van der Waals surface area contributed by atoms with Crippen molar-refractivity contribution in [2.75, 3.05) is 11.1 Å². The predicted octanol–water partition coefficient (Wildman–Crippen LogP) is 3.02. The van der Waals surface area contributed by atoms with Crippen molar-refractivity contribution in [2.24, 2.45) is 0 Å². The van der Waals surface area contributed by atoms with Crippen LogP contribution in [0.2, 0.25) is 0 Å². The molecule has 3 N–H and O–H groups in total. The summed E-state index contributed by atoms with van der Waals surface area (Å²) in [4.78, 5) is 0. The molecule has 2 nitrogen and oxygen atoms in total. The summed E-state index contributed by atoms with van der Waals surface area (Å²) >= 11 is 0. The number of hydrogen-bond acceptors (Lipinski definition) is 2. The Bertz CT molecular complexity index is 323. The van der Waals surface area contributed by atoms with Gasteiger partial charge in [-0.1, -0.05) is 6.07 Å². The Morgan fingerprint density at radius 3 is 2.60 bits per heavy atom. The van der Waals surface area contributed by atoms with Gasteiger partial charge in [-0.05, 0) is 25.1 Å². The van der Waals surface area contributed by atoms with Gasteiger partial charge in [0.2, 0.25) is 0 Å². The van der Waals surface area contributed by atoms with Crippen LogP contribution in [0.15, 0.2) is 24.3 Å². The van der Waals surface area contributed by atoms with Crippen molar-refractivity contribution in [3.63, 3.8) is 0 Å². The smallest absolute Gasteiger partial charge is 0.391 e. The van der Waals surface area contributed by atoms with Crippen molar-refractivity contribution in [3.05, 3.63) is 24.3 Å². The molecule has 0 aliphatic heterocycles. The van der Waals surface area contributed by atoms with Crippen molar-refractivity contribution >= 4 is 11.4 Å². The second-order valence-electron chi connectivity index (χ2n) is 3.49. The zero-order chi connectivity index (χ0) is 11.5. The largest absolute Gasteiger partial charge is 0.399 e. The van der Waals surface area contributed by atoms with Crippen molar-refractivity contribution in [3.8, 4) is 0 Å². The molecule has 1 aromatic carbocycles. The Labute approximate surface area is 86.3 Å². The van der Waals surface area contributed by atoms with Gasteiger partial charge >= 0.3 is 6.18 Å². The topological polar surface area (TPSA) is 38.0 Å². The van der Waals surface area contributed by atoms with Gasteiger partial charge in [-0.2, -0.15) is 13.2 Å². The number of benzene rings is 1. The van der Waals surface area contributed by atoms with Crippen LogP contribution in [-0.2, 0) is 0 Å². The monoisotopic (exact) mass is 218 g/mol. The first kappa shape index (κ1) is 11.7. The first-order valence-electron chi connectivity index (χ1n) is 4.55. The van der Waals surface area contributed by atoms with Crippen molar-refractivity contribution in [1.82, 2.24) is 0 Å². The molecule has 0 amide bonds. The molecule has 0 spiro atoms. The maximum Gasteiger partial charge on any atom is 0.391 e. The number of anilines is 2. The third kappa shape index (κ3) is 4.58. The Balaban J connectivity index is 2.55. The van der Waals surface area contributed by atoms with Gasteiger partial charge in [-0.25, -0.2) is 0 Å². The van der Waals surface area contributed by atoms with Gasteiger partial charge in [0, 0.05) is 17.4 Å². The lowest BCUT2D eigenvalue weighted by Crippen LogP contribution is -2.23. The standard InChI is InChI=1S/C10H13F3N2/c1-7(6-10(11,12)13)15-9-4-2-3-8(14)5-9/h2-5,7,15H,6,14H2,1H3. The van der Waals surface area contributed by atoms with E-state index in [9.17, 15) is 13.2 Å². The Kier molecular flexibility index (Phi) is 3.44. The highest BCUT2D eigenvalue weighted by Gasteiger charge is 2.29. The van der Waals surface area contributed by atoms with Crippen LogP contribution < -0.4 is 11.1 Å². The summed E-state index contributed by atoms with van der Waals surface area (Å²) in [6.45, 7) is 1.48. The third-order valence-electron chi connectivity index (χ3n) is 1.84. The van der Waals surface area contributed by atoms with Crippen LogP contribution in [0.3, 0.4) is 0 Å². The van der Waals surface area contributed by atoms with Crippen LogP contribution >= 0.6 is 0 Å². The molecule has 0 radical (unpaired) electrons. The van der Waals surface area contributed by atoms with Gasteiger partial charge in [0.05, 0.1) is 6.42 Å². The lowest BCUT2D eigenvalue weighted by atomic mass is 10.2. The SMILES string of the molecule is CC(CC(F)(F)F)Nc1cccc(N)c1. The Morgan fingerprint density at radius 2 is 2.07 bits per heavy atom. The molecule has 0 aromatic heterocycles. The maximum atomic E-state index is 12.0. The summed E-state index contributed by atoms with van der Waals surface area (Å²) in [5.41, 5.74) is 6.63. The summed E-state index contributed by atoms with van der Waals surface area (Å²) in [5, 5.41) is 2.74. The van der Waals surface area contributed by atoms with Crippen LogP contribution in [0, 0.1) is 0 Å². The highest BCUT2D eigenvalue weighted by Crippen LogP contribution is 2.23. The van der Waals surface area contributed by atoms with Crippen LogP contribution in [0.4, 0.5) is 24.5 Å². The number of hydrogen-bond donors (Lipinski definition) is 2. The van der Waals surface area contributed by atoms with E-state index in [-0.39, 0.29) is 0 Å². The summed E-state index contributed by atoms with van der Waals surface area (Å²) in [6.07, 6.45) is -5.01. The molecule has 0 heterocycles. The summed E-state index contributed by atoms with van der Waals surface area (Å²) < 4.78 is 36.1. The van der Waals surface area contributed by atoms with Gasteiger partial charge in [-0.15, -0.1) is 0 Å². The molecule has 1 aromatic rings. The summed E-state index contributed by atoms with van der Waals surface area (Å²) in [7, 11) is 0. The normalized spacial score (nSPS) is 13.6. The fourth-order valence-electron chi connectivity index (χ4n) is 1.31.